The van der Waals surface area contributed by atoms with Gasteiger partial charge in [0.05, 0.1) is 22.6 Å². The van der Waals surface area contributed by atoms with Gasteiger partial charge in [0.2, 0.25) is 5.91 Å². The van der Waals surface area contributed by atoms with Crippen molar-refractivity contribution in [1.29, 1.82) is 0 Å². The Balaban J connectivity index is 2.27. The van der Waals surface area contributed by atoms with Gasteiger partial charge in [-0.05, 0) is 12.1 Å². The van der Waals surface area contributed by atoms with Crippen LogP contribution in [-0.2, 0) is 11.0 Å². The van der Waals surface area contributed by atoms with Gasteiger partial charge in [-0.15, -0.1) is 5.10 Å². The van der Waals surface area contributed by atoms with E-state index in [9.17, 15) is 22.4 Å². The van der Waals surface area contributed by atoms with Gasteiger partial charge in [0.15, 0.2) is 11.0 Å². The molecule has 1 aliphatic heterocycles. The highest BCUT2D eigenvalue weighted by atomic mass is 35.5. The van der Waals surface area contributed by atoms with E-state index in [1.807, 2.05) is 0 Å². The second-order valence-corrected chi connectivity index (χ2v) is 5.22. The molecule has 0 saturated carbocycles. The fourth-order valence-corrected chi connectivity index (χ4v) is 2.25. The fraction of sp³-hybridized carbons (Fsp3) is 0.182. The molecule has 0 spiro atoms. The van der Waals surface area contributed by atoms with E-state index >= 15 is 0 Å². The minimum absolute atomic E-state index is 0.179. The molecule has 0 atom stereocenters. The Hall–Kier alpha value is -1.61. The maximum absolute atomic E-state index is 13.6. The van der Waals surface area contributed by atoms with Gasteiger partial charge in [0.1, 0.15) is 0 Å². The molecule has 1 amide bonds. The zero-order chi connectivity index (χ0) is 15.6. The van der Waals surface area contributed by atoms with Gasteiger partial charge in [0, 0.05) is 5.56 Å². The molecule has 10 heteroatoms. The molecule has 4 nitrogen and oxygen atoms in total. The number of thioether (sulfide) groups is 1. The maximum atomic E-state index is 13.6. The second-order valence-electron chi connectivity index (χ2n) is 3.85. The summed E-state index contributed by atoms with van der Waals surface area (Å²) in [5.74, 6) is -1.11. The highest BCUT2D eigenvalue weighted by Crippen LogP contribution is 2.33. The maximum Gasteiger partial charge on any atom is 0.416 e. The van der Waals surface area contributed by atoms with E-state index in [0.29, 0.717) is 12.1 Å². The van der Waals surface area contributed by atoms with Crippen LogP contribution in [-0.4, -0.2) is 23.0 Å². The van der Waals surface area contributed by atoms with Crippen molar-refractivity contribution in [2.75, 3.05) is 5.75 Å². The van der Waals surface area contributed by atoms with Crippen molar-refractivity contribution in [2.24, 2.45) is 10.2 Å². The Morgan fingerprint density at radius 1 is 1.38 bits per heavy atom. The summed E-state index contributed by atoms with van der Waals surface area (Å²) in [4.78, 5) is 10.9. The average Bonchev–Trinajstić information content (AvgIpc) is 2.79. The van der Waals surface area contributed by atoms with Crippen LogP contribution in [0.1, 0.15) is 11.1 Å². The number of benzene rings is 1. The lowest BCUT2D eigenvalue weighted by Gasteiger charge is -2.08. The van der Waals surface area contributed by atoms with Crippen molar-refractivity contribution in [3.63, 3.8) is 0 Å². The predicted molar refractivity (Wildman–Crippen MR) is 72.0 cm³/mol. The quantitative estimate of drug-likeness (QED) is 0.511. The Bertz CT molecular complexity index is 645. The fourth-order valence-electron chi connectivity index (χ4n) is 1.39. The van der Waals surface area contributed by atoms with Crippen LogP contribution in [0.5, 0.6) is 0 Å². The number of amides is 1. The number of rotatable bonds is 2. The van der Waals surface area contributed by atoms with Crippen molar-refractivity contribution < 1.29 is 22.4 Å². The Kier molecular flexibility index (Phi) is 4.52. The Labute approximate surface area is 125 Å². The smallest absolute Gasteiger partial charge is 0.303 e. The van der Waals surface area contributed by atoms with E-state index in [-0.39, 0.29) is 16.8 Å². The molecule has 1 N–H and O–H groups in total. The van der Waals surface area contributed by atoms with Gasteiger partial charge >= 0.3 is 6.18 Å². The van der Waals surface area contributed by atoms with E-state index in [4.69, 9.17) is 11.6 Å². The Morgan fingerprint density at radius 3 is 2.67 bits per heavy atom. The summed E-state index contributed by atoms with van der Waals surface area (Å²) in [5.41, 5.74) is -1.54. The zero-order valence-electron chi connectivity index (χ0n) is 10.0. The van der Waals surface area contributed by atoms with Gasteiger partial charge < -0.3 is 5.32 Å². The molecule has 0 aliphatic carbocycles. The van der Waals surface area contributed by atoms with Crippen LogP contribution in [0.4, 0.5) is 17.6 Å². The highest BCUT2D eigenvalue weighted by molar-refractivity contribution is 8.15. The number of carbonyl (C=O) groups excluding carboxylic acids is 1. The van der Waals surface area contributed by atoms with Crippen LogP contribution in [0.2, 0.25) is 5.02 Å². The molecule has 1 aromatic carbocycles. The molecular weight excluding hydrogens is 334 g/mol. The predicted octanol–water partition coefficient (Wildman–Crippen LogP) is 3.05. The molecular formula is C11H6ClF4N3OS. The number of nitrogens with one attached hydrogen (secondary N) is 1. The summed E-state index contributed by atoms with van der Waals surface area (Å²) in [5, 5.41) is 8.89. The highest BCUT2D eigenvalue weighted by Gasteiger charge is 2.32. The average molecular weight is 340 g/mol. The summed E-state index contributed by atoms with van der Waals surface area (Å²) >= 11 is 6.49. The molecule has 1 fully saturated rings. The molecule has 112 valence electrons. The third-order valence-electron chi connectivity index (χ3n) is 2.32. The first-order valence-corrected chi connectivity index (χ1v) is 6.73. The monoisotopic (exact) mass is 339 g/mol. The van der Waals surface area contributed by atoms with Crippen LogP contribution in [0.25, 0.3) is 0 Å². The van der Waals surface area contributed by atoms with Crippen molar-refractivity contribution >= 4 is 40.7 Å². The van der Waals surface area contributed by atoms with E-state index in [1.165, 1.54) is 0 Å². The van der Waals surface area contributed by atoms with Crippen molar-refractivity contribution in [3.05, 3.63) is 34.1 Å². The van der Waals surface area contributed by atoms with E-state index in [1.54, 1.807) is 0 Å². The van der Waals surface area contributed by atoms with E-state index < -0.39 is 28.1 Å². The first-order chi connectivity index (χ1) is 9.77. The first-order valence-electron chi connectivity index (χ1n) is 5.37. The molecule has 1 heterocycles. The van der Waals surface area contributed by atoms with Crippen LogP contribution >= 0.6 is 23.4 Å². The van der Waals surface area contributed by atoms with Crippen LogP contribution in [0.15, 0.2) is 22.3 Å². The Morgan fingerprint density at radius 2 is 2.10 bits per heavy atom. The SMILES string of the molecule is O=C1CSC(=NN=Cc2cc(C(F)(F)F)cc(Cl)c2F)N1. The minimum Gasteiger partial charge on any atom is -0.303 e. The summed E-state index contributed by atoms with van der Waals surface area (Å²) in [6.45, 7) is 0. The first kappa shape index (κ1) is 15.8. The van der Waals surface area contributed by atoms with Gasteiger partial charge in [-0.2, -0.15) is 18.3 Å². The number of carbonyl (C=O) groups is 1. The summed E-state index contributed by atoms with van der Waals surface area (Å²) in [6.07, 6.45) is -3.85. The molecule has 1 aromatic rings. The van der Waals surface area contributed by atoms with Crippen molar-refractivity contribution in [2.45, 2.75) is 6.18 Å². The zero-order valence-corrected chi connectivity index (χ0v) is 11.6. The largest absolute Gasteiger partial charge is 0.416 e. The van der Waals surface area contributed by atoms with E-state index in [2.05, 4.69) is 15.5 Å². The number of alkyl halides is 3. The van der Waals surface area contributed by atoms with Gasteiger partial charge in [-0.1, -0.05) is 23.4 Å². The summed E-state index contributed by atoms with van der Waals surface area (Å²) < 4.78 is 51.4. The molecule has 0 bridgehead atoms. The molecule has 1 saturated heterocycles. The van der Waals surface area contributed by atoms with Crippen molar-refractivity contribution in [3.8, 4) is 0 Å². The van der Waals surface area contributed by atoms with Crippen LogP contribution in [0, 0.1) is 5.82 Å². The lowest BCUT2D eigenvalue weighted by Crippen LogP contribution is -2.19. The summed E-state index contributed by atoms with van der Waals surface area (Å²) in [7, 11) is 0. The van der Waals surface area contributed by atoms with Gasteiger partial charge in [-0.25, -0.2) is 4.39 Å². The minimum atomic E-state index is -4.65. The number of halogens is 5. The third-order valence-corrected chi connectivity index (χ3v) is 3.45. The van der Waals surface area contributed by atoms with E-state index in [0.717, 1.165) is 18.0 Å². The van der Waals surface area contributed by atoms with Crippen LogP contribution < -0.4 is 5.32 Å². The summed E-state index contributed by atoms with van der Waals surface area (Å²) in [6, 6.07) is 1.07. The third kappa shape index (κ3) is 3.94. The molecule has 0 radical (unpaired) electrons. The van der Waals surface area contributed by atoms with Gasteiger partial charge in [0.25, 0.3) is 0 Å². The molecule has 2 rings (SSSR count). The molecule has 0 unspecified atom stereocenters. The lowest BCUT2D eigenvalue weighted by atomic mass is 10.1. The number of amidine groups is 1. The number of hydrogen-bond donors (Lipinski definition) is 1. The number of nitrogens with zero attached hydrogens (tertiary/aromatic N) is 2. The molecule has 1 aliphatic rings. The topological polar surface area (TPSA) is 53.8 Å². The lowest BCUT2D eigenvalue weighted by molar-refractivity contribution is -0.137. The van der Waals surface area contributed by atoms with Crippen LogP contribution in [0.3, 0.4) is 0 Å². The normalized spacial score (nSPS) is 17.8. The second kappa shape index (κ2) is 6.02. The van der Waals surface area contributed by atoms with Gasteiger partial charge in [-0.3, -0.25) is 4.79 Å². The molecule has 0 aromatic heterocycles. The van der Waals surface area contributed by atoms with Crippen molar-refractivity contribution in [1.82, 2.24) is 5.32 Å². The standard InChI is InChI=1S/C11H6ClF4N3OS/c12-7-2-6(11(14,15)16)1-5(9(7)13)3-17-19-10-18-8(20)4-21-10/h1-3H,4H2,(H,18,19,20). The number of hydrogen-bond acceptors (Lipinski definition) is 4. The molecule has 21 heavy (non-hydrogen) atoms.